The van der Waals surface area contributed by atoms with Crippen LogP contribution < -0.4 is 9.80 Å². The van der Waals surface area contributed by atoms with E-state index in [-0.39, 0.29) is 0 Å². The first-order valence-corrected chi connectivity index (χ1v) is 34.3. The number of anilines is 6. The Kier molecular flexibility index (Phi) is 21.4. The van der Waals surface area contributed by atoms with Crippen molar-refractivity contribution in [3.05, 3.63) is 452 Å². The fourth-order valence-electron chi connectivity index (χ4n) is 12.1. The lowest BCUT2D eigenvalue weighted by atomic mass is 9.96. The van der Waals surface area contributed by atoms with Crippen molar-refractivity contribution in [2.24, 2.45) is 0 Å². The molecule has 2 nitrogen and oxygen atoms in total. The normalized spacial score (nSPS) is 11.6. The van der Waals surface area contributed by atoms with E-state index in [1.54, 1.807) is 0 Å². The summed E-state index contributed by atoms with van der Waals surface area (Å²) < 4.78 is 0. The highest BCUT2D eigenvalue weighted by atomic mass is 15.1. The summed E-state index contributed by atoms with van der Waals surface area (Å²) in [6.45, 7) is 8.51. The summed E-state index contributed by atoms with van der Waals surface area (Å²) in [5.41, 5.74) is 30.2. The highest BCUT2D eigenvalue weighted by Crippen LogP contribution is 2.37. The van der Waals surface area contributed by atoms with Crippen molar-refractivity contribution < 1.29 is 0 Å². The van der Waals surface area contributed by atoms with E-state index in [1.165, 1.54) is 55.7 Å². The van der Waals surface area contributed by atoms with E-state index < -0.39 is 0 Å². The van der Waals surface area contributed by atoms with Gasteiger partial charge in [0.1, 0.15) is 0 Å². The van der Waals surface area contributed by atoms with Gasteiger partial charge in [-0.25, -0.2) is 0 Å². The molecule has 0 aliphatic carbocycles. The Bertz CT molecular complexity index is 4630. The quantitative estimate of drug-likeness (QED) is 0.0493. The van der Waals surface area contributed by atoms with Crippen molar-refractivity contribution in [3.8, 4) is 0 Å². The molecule has 0 bridgehead atoms. The van der Waals surface area contributed by atoms with Gasteiger partial charge in [0.05, 0.1) is 0 Å². The first-order valence-electron chi connectivity index (χ1n) is 34.3. The van der Waals surface area contributed by atoms with Crippen LogP contribution in [0.1, 0.15) is 100 Å². The minimum absolute atomic E-state index is 1.09. The zero-order chi connectivity index (χ0) is 68.2. The second-order valence-electron chi connectivity index (χ2n) is 25.4. The highest BCUT2D eigenvalue weighted by molar-refractivity contribution is 5.85. The molecule has 2 heteroatoms. The van der Waals surface area contributed by atoms with Crippen molar-refractivity contribution in [3.63, 3.8) is 0 Å². The molecule has 0 fully saturated rings. The summed E-state index contributed by atoms with van der Waals surface area (Å²) in [6.07, 6.45) is 30.5. The maximum Gasteiger partial charge on any atom is 0.0462 e. The van der Waals surface area contributed by atoms with Crippen LogP contribution in [-0.4, -0.2) is 0 Å². The number of para-hydroxylation sites is 2. The summed E-state index contributed by atoms with van der Waals surface area (Å²) in [4.78, 5) is 4.61. The van der Waals surface area contributed by atoms with Gasteiger partial charge in [-0.15, -0.1) is 0 Å². The molecule has 0 N–H and O–H groups in total. The molecule has 0 heterocycles. The Hall–Kier alpha value is -12.6. The molecule has 0 radical (unpaired) electrons. The maximum absolute atomic E-state index is 2.31. The predicted octanol–water partition coefficient (Wildman–Crippen LogP) is 26.8. The molecule has 482 valence electrons. The summed E-state index contributed by atoms with van der Waals surface area (Å²) in [5, 5.41) is 0. The van der Waals surface area contributed by atoms with Crippen LogP contribution >= 0.6 is 0 Å². The fourth-order valence-corrected chi connectivity index (χ4v) is 12.1. The van der Waals surface area contributed by atoms with Crippen molar-refractivity contribution in [2.45, 2.75) is 27.7 Å². The first-order chi connectivity index (χ1) is 49.1. The molecule has 0 saturated heterocycles. The SMILES string of the molecule is Cc1ccc(C(=C/C=C/c2ccc(/C=C/c3ccc(N(c4ccccc4)c4ccc(/C=C/c5ccc(/C=C/c6ccc(N(c7ccccc7)c7ccc(/C=C/c8ccc(/C=C/C=C(c9ccc(C)cc9)c9ccc(C)cc9)cc8)cc7)cc6)cc5)cc4)cc3)cc2)c2ccc(C)cc2)cc1. The van der Waals surface area contributed by atoms with Crippen LogP contribution in [0.2, 0.25) is 0 Å². The Balaban J connectivity index is 0.609. The van der Waals surface area contributed by atoms with Crippen LogP contribution in [-0.2, 0) is 0 Å². The van der Waals surface area contributed by atoms with Crippen molar-refractivity contribution in [1.29, 1.82) is 0 Å². The molecular weight excluding hydrogens is 1210 g/mol. The van der Waals surface area contributed by atoms with E-state index in [0.717, 1.165) is 89.8 Å². The van der Waals surface area contributed by atoms with Crippen LogP contribution in [0.15, 0.2) is 352 Å². The molecule has 13 rings (SSSR count). The number of hydrogen-bond donors (Lipinski definition) is 0. The number of rotatable bonds is 22. The van der Waals surface area contributed by atoms with E-state index in [9.17, 15) is 0 Å². The second-order valence-corrected chi connectivity index (χ2v) is 25.4. The summed E-state index contributed by atoms with van der Waals surface area (Å²) >= 11 is 0. The Morgan fingerprint density at radius 2 is 0.350 bits per heavy atom. The maximum atomic E-state index is 2.31. The Labute approximate surface area is 591 Å². The summed E-state index contributed by atoms with van der Waals surface area (Å²) in [6, 6.07) is 117. The van der Waals surface area contributed by atoms with E-state index in [4.69, 9.17) is 0 Å². The third kappa shape index (κ3) is 17.7. The van der Waals surface area contributed by atoms with Crippen molar-refractivity contribution >= 4 is 106 Å². The van der Waals surface area contributed by atoms with Crippen molar-refractivity contribution in [2.75, 3.05) is 9.80 Å². The fraction of sp³-hybridized carbons (Fsp3) is 0.0408. The lowest BCUT2D eigenvalue weighted by Crippen LogP contribution is -2.09. The third-order valence-electron chi connectivity index (χ3n) is 17.9. The third-order valence-corrected chi connectivity index (χ3v) is 17.9. The number of nitrogens with zero attached hydrogens (tertiary/aromatic N) is 2. The molecule has 0 saturated carbocycles. The van der Waals surface area contributed by atoms with Gasteiger partial charge in [0.15, 0.2) is 0 Å². The number of benzene rings is 13. The minimum atomic E-state index is 1.09. The van der Waals surface area contributed by atoms with Gasteiger partial charge in [-0.2, -0.15) is 0 Å². The summed E-state index contributed by atoms with van der Waals surface area (Å²) in [5.74, 6) is 0. The monoisotopic (exact) mass is 1280 g/mol. The smallest absolute Gasteiger partial charge is 0.0462 e. The average Bonchev–Trinajstić information content (AvgIpc) is 0.871. The van der Waals surface area contributed by atoms with E-state index >= 15 is 0 Å². The Morgan fingerprint density at radius 3 is 0.550 bits per heavy atom. The average molecular weight is 1290 g/mol. The van der Waals surface area contributed by atoms with Gasteiger partial charge in [-0.05, 0) is 190 Å². The lowest BCUT2D eigenvalue weighted by molar-refractivity contribution is 1.28. The van der Waals surface area contributed by atoms with Gasteiger partial charge < -0.3 is 9.80 Å². The minimum Gasteiger partial charge on any atom is -0.311 e. The molecule has 0 amide bonds. The molecule has 0 spiro atoms. The van der Waals surface area contributed by atoms with Crippen LogP contribution in [0.3, 0.4) is 0 Å². The molecular formula is C98H80N2. The molecule has 100 heavy (non-hydrogen) atoms. The second kappa shape index (κ2) is 32.4. The molecule has 13 aromatic carbocycles. The van der Waals surface area contributed by atoms with Gasteiger partial charge in [0.25, 0.3) is 0 Å². The van der Waals surface area contributed by atoms with E-state index in [2.05, 4.69) is 450 Å². The number of aryl methyl sites for hydroxylation is 4. The number of hydrogen-bond acceptors (Lipinski definition) is 2. The van der Waals surface area contributed by atoms with Gasteiger partial charge in [-0.1, -0.05) is 362 Å². The first kappa shape index (κ1) is 66.0. The molecule has 0 unspecified atom stereocenters. The zero-order valence-electron chi connectivity index (χ0n) is 57.2. The largest absolute Gasteiger partial charge is 0.311 e. The highest BCUT2D eigenvalue weighted by Gasteiger charge is 2.15. The summed E-state index contributed by atoms with van der Waals surface area (Å²) in [7, 11) is 0. The molecule has 0 aromatic heterocycles. The van der Waals surface area contributed by atoms with Gasteiger partial charge in [0.2, 0.25) is 0 Å². The van der Waals surface area contributed by atoms with Crippen LogP contribution in [0, 0.1) is 27.7 Å². The number of allylic oxidation sites excluding steroid dienone is 4. The van der Waals surface area contributed by atoms with Crippen molar-refractivity contribution in [1.82, 2.24) is 0 Å². The predicted molar refractivity (Wildman–Crippen MR) is 434 cm³/mol. The van der Waals surface area contributed by atoms with E-state index in [1.807, 2.05) is 0 Å². The Morgan fingerprint density at radius 1 is 0.180 bits per heavy atom. The van der Waals surface area contributed by atoms with Crippen LogP contribution in [0.4, 0.5) is 34.1 Å². The van der Waals surface area contributed by atoms with E-state index in [0.29, 0.717) is 0 Å². The molecule has 0 aliphatic heterocycles. The molecule has 13 aromatic rings. The lowest BCUT2D eigenvalue weighted by Gasteiger charge is -2.25. The van der Waals surface area contributed by atoms with Gasteiger partial charge >= 0.3 is 0 Å². The molecule has 0 aliphatic rings. The van der Waals surface area contributed by atoms with Gasteiger partial charge in [-0.3, -0.25) is 0 Å². The van der Waals surface area contributed by atoms with Gasteiger partial charge in [0, 0.05) is 34.1 Å². The topological polar surface area (TPSA) is 6.48 Å². The standard InChI is InChI=1S/C98H80N2/c1-73-21-57-87(58-22-73)97(88-59-23-74(2)24-60-88)19-11-13-77-29-33-79(34-30-77)41-45-83-49-65-93(66-50-83)99(91-15-7-5-8-16-91)95-69-53-85(54-70-95)47-43-81-37-39-82(40-38-81)44-48-86-55-71-96(72-56-86)100(92-17-9-6-10-18-92)94-67-51-84(52-68-94)46-42-80-35-31-78(32-36-80)14-12-20-98(89-61-25-75(3)26-62-89)90-63-27-76(4)28-64-90/h5-72H,1-4H3/b13-11+,14-12+,45-41+,46-42+,47-43+,48-44+. The molecule has 0 atom stereocenters. The van der Waals surface area contributed by atoms with Crippen LogP contribution in [0.25, 0.3) is 71.9 Å². The van der Waals surface area contributed by atoms with Crippen LogP contribution in [0.5, 0.6) is 0 Å². The zero-order valence-corrected chi connectivity index (χ0v) is 57.2.